The second kappa shape index (κ2) is 8.52. The molecule has 2 rings (SSSR count). The number of amides is 1. The van der Waals surface area contributed by atoms with Gasteiger partial charge in [0.25, 0.3) is 5.91 Å². The monoisotopic (exact) mass is 354 g/mol. The van der Waals surface area contributed by atoms with Gasteiger partial charge in [0.2, 0.25) is 0 Å². The third kappa shape index (κ3) is 5.09. The molecule has 1 amide bonds. The van der Waals surface area contributed by atoms with E-state index in [1.54, 1.807) is 13.8 Å². The molecule has 0 radical (unpaired) electrons. The van der Waals surface area contributed by atoms with Crippen molar-refractivity contribution in [3.63, 3.8) is 0 Å². The molecule has 0 atom stereocenters. The maximum atomic E-state index is 12.3. The van der Waals surface area contributed by atoms with Crippen LogP contribution < -0.4 is 10.2 Å². The summed E-state index contributed by atoms with van der Waals surface area (Å²) in [5.74, 6) is -0.743. The van der Waals surface area contributed by atoms with Gasteiger partial charge in [0, 0.05) is 26.3 Å². The Hall–Kier alpha value is -2.82. The van der Waals surface area contributed by atoms with Gasteiger partial charge in [-0.2, -0.15) is 0 Å². The molecule has 5 heteroatoms. The van der Waals surface area contributed by atoms with Gasteiger partial charge < -0.3 is 15.0 Å². The number of benzene rings is 2. The molecule has 0 aromatic heterocycles. The van der Waals surface area contributed by atoms with Crippen molar-refractivity contribution in [1.82, 2.24) is 5.32 Å². The number of nitrogens with zero attached hydrogens (tertiary/aromatic N) is 1. The molecule has 138 valence electrons. The summed E-state index contributed by atoms with van der Waals surface area (Å²) < 4.78 is 5.20. The predicted molar refractivity (Wildman–Crippen MR) is 103 cm³/mol. The number of nitrogens with one attached hydrogen (secondary N) is 1. The van der Waals surface area contributed by atoms with Crippen LogP contribution in [0.25, 0.3) is 0 Å². The SMILES string of the molecule is CN(C)c1ccc(CNC(=O)COC(=O)C(C)(C)c2ccccc2)cc1. The van der Waals surface area contributed by atoms with Crippen LogP contribution in [0.3, 0.4) is 0 Å². The minimum absolute atomic E-state index is 0.287. The normalized spacial score (nSPS) is 10.9. The van der Waals surface area contributed by atoms with Gasteiger partial charge in [0.15, 0.2) is 6.61 Å². The molecule has 0 fully saturated rings. The molecule has 26 heavy (non-hydrogen) atoms. The number of esters is 1. The van der Waals surface area contributed by atoms with Crippen LogP contribution in [0.4, 0.5) is 5.69 Å². The van der Waals surface area contributed by atoms with E-state index in [0.29, 0.717) is 6.54 Å². The van der Waals surface area contributed by atoms with Crippen molar-refractivity contribution in [1.29, 1.82) is 0 Å². The van der Waals surface area contributed by atoms with E-state index in [1.807, 2.05) is 73.6 Å². The molecule has 0 aliphatic carbocycles. The van der Waals surface area contributed by atoms with Crippen LogP contribution in [-0.4, -0.2) is 32.6 Å². The Bertz CT molecular complexity index is 738. The minimum atomic E-state index is -0.802. The standard InChI is InChI=1S/C21H26N2O3/c1-21(2,17-8-6-5-7-9-17)20(25)26-15-19(24)22-14-16-10-12-18(13-11-16)23(3)4/h5-13H,14-15H2,1-4H3,(H,22,24). The Morgan fingerprint density at radius 2 is 1.62 bits per heavy atom. The molecule has 0 unspecified atom stereocenters. The number of hydrogen-bond acceptors (Lipinski definition) is 4. The lowest BCUT2D eigenvalue weighted by Crippen LogP contribution is -2.35. The van der Waals surface area contributed by atoms with Gasteiger partial charge in [0.05, 0.1) is 5.41 Å². The molecule has 5 nitrogen and oxygen atoms in total. The smallest absolute Gasteiger partial charge is 0.316 e. The summed E-state index contributed by atoms with van der Waals surface area (Å²) in [7, 11) is 3.95. The first-order chi connectivity index (χ1) is 12.3. The highest BCUT2D eigenvalue weighted by Gasteiger charge is 2.31. The Balaban J connectivity index is 1.82. The summed E-state index contributed by atoms with van der Waals surface area (Å²) >= 11 is 0. The molecular formula is C21H26N2O3. The maximum absolute atomic E-state index is 12.3. The fourth-order valence-corrected chi connectivity index (χ4v) is 2.45. The Morgan fingerprint density at radius 1 is 1.00 bits per heavy atom. The molecule has 2 aromatic rings. The van der Waals surface area contributed by atoms with E-state index >= 15 is 0 Å². The van der Waals surface area contributed by atoms with Crippen molar-refractivity contribution in [2.45, 2.75) is 25.8 Å². The summed E-state index contributed by atoms with van der Waals surface area (Å²) in [5, 5.41) is 2.76. The largest absolute Gasteiger partial charge is 0.455 e. The topological polar surface area (TPSA) is 58.6 Å². The van der Waals surface area contributed by atoms with Crippen LogP contribution in [0.15, 0.2) is 54.6 Å². The lowest BCUT2D eigenvalue weighted by molar-refractivity contribution is -0.153. The summed E-state index contributed by atoms with van der Waals surface area (Å²) in [6.07, 6.45) is 0. The van der Waals surface area contributed by atoms with Gasteiger partial charge in [-0.05, 0) is 37.1 Å². The van der Waals surface area contributed by atoms with Crippen molar-refractivity contribution in [2.24, 2.45) is 0 Å². The van der Waals surface area contributed by atoms with E-state index in [2.05, 4.69) is 5.32 Å². The number of ether oxygens (including phenoxy) is 1. The summed E-state index contributed by atoms with van der Waals surface area (Å²) in [5.41, 5.74) is 2.13. The zero-order valence-electron chi connectivity index (χ0n) is 15.8. The molecule has 0 saturated heterocycles. The summed E-state index contributed by atoms with van der Waals surface area (Å²) in [6.45, 7) is 3.68. The molecular weight excluding hydrogens is 328 g/mol. The van der Waals surface area contributed by atoms with Crippen molar-refractivity contribution in [2.75, 3.05) is 25.6 Å². The molecule has 0 saturated carbocycles. The average molecular weight is 354 g/mol. The van der Waals surface area contributed by atoms with E-state index in [9.17, 15) is 9.59 Å². The molecule has 0 aliphatic rings. The third-order valence-corrected chi connectivity index (χ3v) is 4.28. The first kappa shape index (κ1) is 19.5. The zero-order valence-corrected chi connectivity index (χ0v) is 15.8. The van der Waals surface area contributed by atoms with Gasteiger partial charge in [0.1, 0.15) is 0 Å². The summed E-state index contributed by atoms with van der Waals surface area (Å²) in [4.78, 5) is 26.3. The van der Waals surface area contributed by atoms with Crippen molar-refractivity contribution in [3.05, 3.63) is 65.7 Å². The molecule has 0 heterocycles. The fourth-order valence-electron chi connectivity index (χ4n) is 2.45. The van der Waals surface area contributed by atoms with Crippen LogP contribution in [0, 0.1) is 0 Å². The second-order valence-corrected chi connectivity index (χ2v) is 6.90. The van der Waals surface area contributed by atoms with Crippen LogP contribution in [-0.2, 0) is 26.3 Å². The highest BCUT2D eigenvalue weighted by Crippen LogP contribution is 2.24. The number of hydrogen-bond donors (Lipinski definition) is 1. The molecule has 2 aromatic carbocycles. The summed E-state index contributed by atoms with van der Waals surface area (Å²) in [6, 6.07) is 17.3. The number of rotatable bonds is 7. The highest BCUT2D eigenvalue weighted by atomic mass is 16.5. The maximum Gasteiger partial charge on any atom is 0.316 e. The van der Waals surface area contributed by atoms with E-state index in [1.165, 1.54) is 0 Å². The Morgan fingerprint density at radius 3 is 2.19 bits per heavy atom. The van der Waals surface area contributed by atoms with Crippen molar-refractivity contribution >= 4 is 17.6 Å². The van der Waals surface area contributed by atoms with E-state index in [0.717, 1.165) is 16.8 Å². The van der Waals surface area contributed by atoms with Gasteiger partial charge in [-0.25, -0.2) is 0 Å². The predicted octanol–water partition coefficient (Wildman–Crippen LogP) is 2.89. The van der Waals surface area contributed by atoms with Gasteiger partial charge in [-0.1, -0.05) is 42.5 Å². The quantitative estimate of drug-likeness (QED) is 0.777. The zero-order chi connectivity index (χ0) is 19.2. The lowest BCUT2D eigenvalue weighted by Gasteiger charge is -2.22. The van der Waals surface area contributed by atoms with Crippen LogP contribution >= 0.6 is 0 Å². The molecule has 0 aliphatic heterocycles. The van der Waals surface area contributed by atoms with Crippen molar-refractivity contribution < 1.29 is 14.3 Å². The third-order valence-electron chi connectivity index (χ3n) is 4.28. The first-order valence-corrected chi connectivity index (χ1v) is 8.56. The van der Waals surface area contributed by atoms with Crippen LogP contribution in [0.2, 0.25) is 0 Å². The first-order valence-electron chi connectivity index (χ1n) is 8.56. The van der Waals surface area contributed by atoms with Crippen molar-refractivity contribution in [3.8, 4) is 0 Å². The average Bonchev–Trinajstić information content (AvgIpc) is 2.65. The minimum Gasteiger partial charge on any atom is -0.455 e. The lowest BCUT2D eigenvalue weighted by atomic mass is 9.85. The van der Waals surface area contributed by atoms with E-state index in [-0.39, 0.29) is 12.5 Å². The Kier molecular flexibility index (Phi) is 6.39. The highest BCUT2D eigenvalue weighted by molar-refractivity contribution is 5.85. The van der Waals surface area contributed by atoms with Crippen LogP contribution in [0.1, 0.15) is 25.0 Å². The van der Waals surface area contributed by atoms with E-state index < -0.39 is 11.4 Å². The number of carbonyl (C=O) groups excluding carboxylic acids is 2. The van der Waals surface area contributed by atoms with Gasteiger partial charge >= 0.3 is 5.97 Å². The second-order valence-electron chi connectivity index (χ2n) is 6.90. The van der Waals surface area contributed by atoms with Gasteiger partial charge in [-0.3, -0.25) is 9.59 Å². The molecule has 0 spiro atoms. The Labute approximate surface area is 155 Å². The van der Waals surface area contributed by atoms with E-state index in [4.69, 9.17) is 4.74 Å². The fraction of sp³-hybridized carbons (Fsp3) is 0.333. The molecule has 0 bridgehead atoms. The number of anilines is 1. The molecule has 1 N–H and O–H groups in total. The van der Waals surface area contributed by atoms with Crippen LogP contribution in [0.5, 0.6) is 0 Å². The van der Waals surface area contributed by atoms with Gasteiger partial charge in [-0.15, -0.1) is 0 Å². The number of carbonyl (C=O) groups is 2.